The molecular weight excluding hydrogens is 280 g/mol. The number of rotatable bonds is 8. The summed E-state index contributed by atoms with van der Waals surface area (Å²) in [6.07, 6.45) is 3.55. The molecule has 3 heteroatoms. The molecule has 0 saturated heterocycles. The SMILES string of the molecule is CCCCCOc1ccc(COc2ccc(S)cc2)cc1. The van der Waals surface area contributed by atoms with E-state index in [4.69, 9.17) is 9.47 Å². The number of hydrogen-bond acceptors (Lipinski definition) is 3. The molecule has 112 valence electrons. The predicted molar refractivity (Wildman–Crippen MR) is 89.5 cm³/mol. The minimum absolute atomic E-state index is 0.558. The van der Waals surface area contributed by atoms with Crippen molar-refractivity contribution in [3.05, 3.63) is 54.1 Å². The molecular formula is C18H22O2S. The van der Waals surface area contributed by atoms with Gasteiger partial charge in [-0.3, -0.25) is 0 Å². The molecule has 2 aromatic rings. The molecule has 0 aliphatic carbocycles. The Morgan fingerprint density at radius 3 is 2.10 bits per heavy atom. The van der Waals surface area contributed by atoms with Crippen LogP contribution >= 0.6 is 12.6 Å². The highest BCUT2D eigenvalue weighted by atomic mass is 32.1. The Labute approximate surface area is 132 Å². The van der Waals surface area contributed by atoms with Crippen LogP contribution < -0.4 is 9.47 Å². The van der Waals surface area contributed by atoms with Gasteiger partial charge >= 0.3 is 0 Å². The van der Waals surface area contributed by atoms with E-state index in [9.17, 15) is 0 Å². The van der Waals surface area contributed by atoms with Gasteiger partial charge in [0.15, 0.2) is 0 Å². The third-order valence-corrected chi connectivity index (χ3v) is 3.48. The maximum absolute atomic E-state index is 5.73. The summed E-state index contributed by atoms with van der Waals surface area (Å²) in [4.78, 5) is 0.937. The summed E-state index contributed by atoms with van der Waals surface area (Å²) in [6.45, 7) is 3.54. The lowest BCUT2D eigenvalue weighted by Crippen LogP contribution is -1.98. The van der Waals surface area contributed by atoms with Crippen molar-refractivity contribution in [2.75, 3.05) is 6.61 Å². The summed E-state index contributed by atoms with van der Waals surface area (Å²) in [5.41, 5.74) is 1.13. The van der Waals surface area contributed by atoms with Gasteiger partial charge in [0.2, 0.25) is 0 Å². The molecule has 0 spiro atoms. The van der Waals surface area contributed by atoms with Gasteiger partial charge in [-0.15, -0.1) is 12.6 Å². The highest BCUT2D eigenvalue weighted by Crippen LogP contribution is 2.17. The summed E-state index contributed by atoms with van der Waals surface area (Å²) < 4.78 is 11.4. The topological polar surface area (TPSA) is 18.5 Å². The van der Waals surface area contributed by atoms with Crippen LogP contribution in [-0.2, 0) is 6.61 Å². The van der Waals surface area contributed by atoms with E-state index in [1.165, 1.54) is 12.8 Å². The third-order valence-electron chi connectivity index (χ3n) is 3.18. The van der Waals surface area contributed by atoms with Gasteiger partial charge in [-0.2, -0.15) is 0 Å². The van der Waals surface area contributed by atoms with Crippen LogP contribution in [0.15, 0.2) is 53.4 Å². The van der Waals surface area contributed by atoms with E-state index in [-0.39, 0.29) is 0 Å². The average molecular weight is 302 g/mol. The summed E-state index contributed by atoms with van der Waals surface area (Å²) in [5.74, 6) is 1.78. The van der Waals surface area contributed by atoms with Crippen molar-refractivity contribution < 1.29 is 9.47 Å². The highest BCUT2D eigenvalue weighted by Gasteiger charge is 1.98. The molecule has 0 heterocycles. The summed E-state index contributed by atoms with van der Waals surface area (Å²) in [6, 6.07) is 15.8. The van der Waals surface area contributed by atoms with Gasteiger partial charge < -0.3 is 9.47 Å². The number of unbranched alkanes of at least 4 members (excludes halogenated alkanes) is 2. The van der Waals surface area contributed by atoms with Gasteiger partial charge in [0, 0.05) is 4.90 Å². The van der Waals surface area contributed by atoms with Crippen LogP contribution in [0.4, 0.5) is 0 Å². The molecule has 2 aromatic carbocycles. The van der Waals surface area contributed by atoms with Crippen LogP contribution in [-0.4, -0.2) is 6.61 Å². The van der Waals surface area contributed by atoms with E-state index in [2.05, 4.69) is 19.6 Å². The zero-order valence-electron chi connectivity index (χ0n) is 12.4. The molecule has 0 unspecified atom stereocenters. The number of ether oxygens (including phenoxy) is 2. The monoisotopic (exact) mass is 302 g/mol. The van der Waals surface area contributed by atoms with Crippen LogP contribution in [0.3, 0.4) is 0 Å². The summed E-state index contributed by atoms with van der Waals surface area (Å²) in [5, 5.41) is 0. The smallest absolute Gasteiger partial charge is 0.119 e. The Morgan fingerprint density at radius 1 is 0.810 bits per heavy atom. The van der Waals surface area contributed by atoms with E-state index in [0.717, 1.165) is 35.0 Å². The van der Waals surface area contributed by atoms with Crippen molar-refractivity contribution in [1.29, 1.82) is 0 Å². The first-order chi connectivity index (χ1) is 10.3. The molecule has 0 aliphatic heterocycles. The summed E-state index contributed by atoms with van der Waals surface area (Å²) in [7, 11) is 0. The largest absolute Gasteiger partial charge is 0.494 e. The zero-order chi connectivity index (χ0) is 14.9. The van der Waals surface area contributed by atoms with Gasteiger partial charge in [0.1, 0.15) is 18.1 Å². The molecule has 0 N–H and O–H groups in total. The van der Waals surface area contributed by atoms with Gasteiger partial charge in [0.25, 0.3) is 0 Å². The molecule has 2 nitrogen and oxygen atoms in total. The minimum Gasteiger partial charge on any atom is -0.494 e. The molecule has 0 atom stereocenters. The van der Waals surface area contributed by atoms with Crippen LogP contribution in [0.1, 0.15) is 31.7 Å². The fourth-order valence-electron chi connectivity index (χ4n) is 1.93. The van der Waals surface area contributed by atoms with Crippen molar-refractivity contribution in [2.45, 2.75) is 37.7 Å². The van der Waals surface area contributed by atoms with E-state index in [1.54, 1.807) is 0 Å². The molecule has 21 heavy (non-hydrogen) atoms. The van der Waals surface area contributed by atoms with Crippen LogP contribution in [0.2, 0.25) is 0 Å². The summed E-state index contributed by atoms with van der Waals surface area (Å²) >= 11 is 4.25. The Bertz CT molecular complexity index is 520. The maximum Gasteiger partial charge on any atom is 0.119 e. The Morgan fingerprint density at radius 2 is 1.43 bits per heavy atom. The second-order valence-corrected chi connectivity index (χ2v) is 5.50. The number of hydrogen-bond donors (Lipinski definition) is 1. The normalized spacial score (nSPS) is 10.4. The quantitative estimate of drug-likeness (QED) is 0.538. The fraction of sp³-hybridized carbons (Fsp3) is 0.333. The molecule has 0 radical (unpaired) electrons. The molecule has 0 amide bonds. The van der Waals surface area contributed by atoms with Crippen molar-refractivity contribution in [1.82, 2.24) is 0 Å². The van der Waals surface area contributed by atoms with E-state index >= 15 is 0 Å². The van der Waals surface area contributed by atoms with Crippen molar-refractivity contribution in [3.8, 4) is 11.5 Å². The fourth-order valence-corrected chi connectivity index (χ4v) is 2.08. The van der Waals surface area contributed by atoms with Crippen molar-refractivity contribution >= 4 is 12.6 Å². The van der Waals surface area contributed by atoms with Gasteiger partial charge in [-0.05, 0) is 48.4 Å². The Hall–Kier alpha value is -1.61. The zero-order valence-corrected chi connectivity index (χ0v) is 13.3. The molecule has 0 aliphatic rings. The predicted octanol–water partition coefficient (Wildman–Crippen LogP) is 5.12. The van der Waals surface area contributed by atoms with Gasteiger partial charge in [-0.1, -0.05) is 31.9 Å². The lowest BCUT2D eigenvalue weighted by Gasteiger charge is -2.08. The van der Waals surface area contributed by atoms with Crippen LogP contribution in [0.5, 0.6) is 11.5 Å². The first-order valence-electron chi connectivity index (χ1n) is 7.41. The standard InChI is InChI=1S/C18H22O2S/c1-2-3-4-13-19-16-7-5-15(6-8-16)14-20-17-9-11-18(21)12-10-17/h5-12,21H,2-4,13-14H2,1H3. The van der Waals surface area contributed by atoms with E-state index in [0.29, 0.717) is 6.61 Å². The minimum atomic E-state index is 0.558. The van der Waals surface area contributed by atoms with E-state index < -0.39 is 0 Å². The second kappa shape index (κ2) is 8.63. The van der Waals surface area contributed by atoms with Crippen LogP contribution in [0, 0.1) is 0 Å². The maximum atomic E-state index is 5.73. The molecule has 0 aromatic heterocycles. The highest BCUT2D eigenvalue weighted by molar-refractivity contribution is 7.80. The lowest BCUT2D eigenvalue weighted by atomic mass is 10.2. The third kappa shape index (κ3) is 5.72. The second-order valence-electron chi connectivity index (χ2n) is 4.98. The van der Waals surface area contributed by atoms with Crippen molar-refractivity contribution in [2.24, 2.45) is 0 Å². The van der Waals surface area contributed by atoms with Crippen LogP contribution in [0.25, 0.3) is 0 Å². The molecule has 0 bridgehead atoms. The van der Waals surface area contributed by atoms with E-state index in [1.807, 2.05) is 48.5 Å². The Kier molecular flexibility index (Phi) is 6.48. The lowest BCUT2D eigenvalue weighted by molar-refractivity contribution is 0.301. The number of benzene rings is 2. The van der Waals surface area contributed by atoms with Gasteiger partial charge in [0.05, 0.1) is 6.61 Å². The van der Waals surface area contributed by atoms with Gasteiger partial charge in [-0.25, -0.2) is 0 Å². The molecule has 0 saturated carbocycles. The molecule has 0 fully saturated rings. The Balaban J connectivity index is 1.78. The number of thiol groups is 1. The average Bonchev–Trinajstić information content (AvgIpc) is 2.52. The first-order valence-corrected chi connectivity index (χ1v) is 7.86. The first kappa shape index (κ1) is 15.8. The molecule has 2 rings (SSSR count). The van der Waals surface area contributed by atoms with Crippen molar-refractivity contribution in [3.63, 3.8) is 0 Å².